The van der Waals surface area contributed by atoms with E-state index >= 15 is 0 Å². The third-order valence-electron chi connectivity index (χ3n) is 5.59. The molecular weight excluding hydrogens is 346 g/mol. The molecule has 2 aliphatic rings. The molecule has 1 saturated carbocycles. The van der Waals surface area contributed by atoms with Gasteiger partial charge in [0.1, 0.15) is 0 Å². The predicted octanol–water partition coefficient (Wildman–Crippen LogP) is 3.20. The molecule has 1 aliphatic carbocycles. The molecular formula is C21H28NO3S-. The highest BCUT2D eigenvalue weighted by Crippen LogP contribution is 2.41. The summed E-state index contributed by atoms with van der Waals surface area (Å²) in [5, 5.41) is 11.6. The van der Waals surface area contributed by atoms with Gasteiger partial charge in [-0.1, -0.05) is 52.2 Å². The van der Waals surface area contributed by atoms with Gasteiger partial charge >= 0.3 is 0 Å². The summed E-state index contributed by atoms with van der Waals surface area (Å²) in [6.07, 6.45) is 5.72. The summed E-state index contributed by atoms with van der Waals surface area (Å²) < 4.78 is 0. The number of aliphatic carboxylic acids is 1. The van der Waals surface area contributed by atoms with Gasteiger partial charge in [0.2, 0.25) is 0 Å². The average molecular weight is 375 g/mol. The molecule has 3 rings (SSSR count). The molecule has 1 aromatic carbocycles. The number of rotatable bonds is 3. The number of carbonyl (C=O) groups is 2. The quantitative estimate of drug-likeness (QED) is 0.815. The van der Waals surface area contributed by atoms with Crippen LogP contribution in [0, 0.1) is 5.92 Å². The van der Waals surface area contributed by atoms with Gasteiger partial charge in [-0.15, -0.1) is 11.8 Å². The molecule has 2 atom stereocenters. The SMILES string of the molecule is CC(C)(C)c1ccc(C(=O)N2[C@H](C(=O)[O-])CS[C@H]2C2CCCCC2)cc1. The van der Waals surface area contributed by atoms with Crippen LogP contribution in [-0.4, -0.2) is 33.9 Å². The van der Waals surface area contributed by atoms with Crippen LogP contribution in [0.2, 0.25) is 0 Å². The molecule has 1 saturated heterocycles. The van der Waals surface area contributed by atoms with Crippen molar-refractivity contribution in [3.05, 3.63) is 35.4 Å². The van der Waals surface area contributed by atoms with Crippen LogP contribution in [-0.2, 0) is 10.2 Å². The fourth-order valence-corrected chi connectivity index (χ4v) is 5.63. The standard InChI is InChI=1S/C21H29NO3S/c1-21(2,3)16-11-9-14(10-12-16)18(23)22-17(20(24)25)13-26-19(22)15-7-5-4-6-8-15/h9-12,15,17,19H,4-8,13H2,1-3H3,(H,24,25)/p-1/t17-,19-/m0/s1. The molecule has 0 spiro atoms. The molecule has 0 aromatic heterocycles. The fraction of sp³-hybridized carbons (Fsp3) is 0.619. The fourth-order valence-electron chi connectivity index (χ4n) is 4.01. The Hall–Kier alpha value is -1.49. The van der Waals surface area contributed by atoms with Crippen LogP contribution in [0.25, 0.3) is 0 Å². The maximum absolute atomic E-state index is 13.2. The van der Waals surface area contributed by atoms with Crippen molar-refractivity contribution in [2.24, 2.45) is 5.92 Å². The zero-order chi connectivity index (χ0) is 18.9. The Morgan fingerprint density at radius 2 is 1.69 bits per heavy atom. The second-order valence-corrected chi connectivity index (χ2v) is 9.65. The second-order valence-electron chi connectivity index (χ2n) is 8.50. The van der Waals surface area contributed by atoms with Crippen LogP contribution in [0.1, 0.15) is 68.8 Å². The Bertz CT molecular complexity index is 659. The number of carboxylic acids is 1. The van der Waals surface area contributed by atoms with Gasteiger partial charge in [0.25, 0.3) is 5.91 Å². The van der Waals surface area contributed by atoms with Crippen molar-refractivity contribution in [2.45, 2.75) is 69.7 Å². The Morgan fingerprint density at radius 3 is 2.23 bits per heavy atom. The van der Waals surface area contributed by atoms with Crippen LogP contribution >= 0.6 is 11.8 Å². The smallest absolute Gasteiger partial charge is 0.255 e. The molecule has 2 fully saturated rings. The second kappa shape index (κ2) is 7.63. The Labute approximate surface area is 160 Å². The summed E-state index contributed by atoms with van der Waals surface area (Å²) in [5.41, 5.74) is 1.74. The molecule has 142 valence electrons. The number of thioether (sulfide) groups is 1. The Balaban J connectivity index is 1.86. The first kappa shape index (κ1) is 19.3. The Kier molecular flexibility index (Phi) is 5.66. The molecule has 4 nitrogen and oxygen atoms in total. The van der Waals surface area contributed by atoms with E-state index in [1.165, 1.54) is 19.3 Å². The average Bonchev–Trinajstić information content (AvgIpc) is 3.06. The van der Waals surface area contributed by atoms with E-state index in [0.717, 1.165) is 18.4 Å². The maximum Gasteiger partial charge on any atom is 0.255 e. The first-order valence-corrected chi connectivity index (χ1v) is 10.6. The highest BCUT2D eigenvalue weighted by molar-refractivity contribution is 8.00. The minimum absolute atomic E-state index is 0.0171. The molecule has 1 aromatic rings. The van der Waals surface area contributed by atoms with Crippen LogP contribution < -0.4 is 5.11 Å². The van der Waals surface area contributed by atoms with E-state index in [4.69, 9.17) is 0 Å². The molecule has 1 amide bonds. The highest BCUT2D eigenvalue weighted by atomic mass is 32.2. The van der Waals surface area contributed by atoms with Crippen LogP contribution in [0.3, 0.4) is 0 Å². The molecule has 26 heavy (non-hydrogen) atoms. The number of carbonyl (C=O) groups excluding carboxylic acids is 2. The predicted molar refractivity (Wildman–Crippen MR) is 103 cm³/mol. The van der Waals surface area contributed by atoms with Gasteiger partial charge < -0.3 is 14.8 Å². The highest BCUT2D eigenvalue weighted by Gasteiger charge is 2.42. The first-order valence-electron chi connectivity index (χ1n) is 9.54. The summed E-state index contributed by atoms with van der Waals surface area (Å²) in [5.74, 6) is -0.512. The topological polar surface area (TPSA) is 60.4 Å². The van der Waals surface area contributed by atoms with E-state index in [9.17, 15) is 14.7 Å². The Morgan fingerprint density at radius 1 is 1.08 bits per heavy atom. The van der Waals surface area contributed by atoms with Crippen molar-refractivity contribution in [2.75, 3.05) is 5.75 Å². The minimum atomic E-state index is -1.14. The van der Waals surface area contributed by atoms with Crippen molar-refractivity contribution in [3.63, 3.8) is 0 Å². The van der Waals surface area contributed by atoms with E-state index in [0.29, 0.717) is 17.2 Å². The zero-order valence-corrected chi connectivity index (χ0v) is 16.7. The minimum Gasteiger partial charge on any atom is -0.548 e. The molecule has 5 heteroatoms. The first-order chi connectivity index (χ1) is 12.3. The number of carboxylic acid groups (broad SMARTS) is 1. The van der Waals surface area contributed by atoms with E-state index in [1.807, 2.05) is 24.3 Å². The number of nitrogens with zero attached hydrogens (tertiary/aromatic N) is 1. The lowest BCUT2D eigenvalue weighted by molar-refractivity contribution is -0.310. The number of hydrogen-bond acceptors (Lipinski definition) is 4. The van der Waals surface area contributed by atoms with Crippen molar-refractivity contribution >= 4 is 23.6 Å². The molecule has 0 bridgehead atoms. The van der Waals surface area contributed by atoms with Gasteiger partial charge in [-0.25, -0.2) is 0 Å². The van der Waals surface area contributed by atoms with Gasteiger partial charge in [-0.3, -0.25) is 4.79 Å². The van der Waals surface area contributed by atoms with E-state index < -0.39 is 12.0 Å². The molecule has 0 N–H and O–H groups in total. The third kappa shape index (κ3) is 3.93. The van der Waals surface area contributed by atoms with E-state index in [1.54, 1.807) is 16.7 Å². The van der Waals surface area contributed by atoms with Gasteiger partial charge in [0.15, 0.2) is 0 Å². The third-order valence-corrected chi connectivity index (χ3v) is 7.05. The summed E-state index contributed by atoms with van der Waals surface area (Å²) in [7, 11) is 0. The van der Waals surface area contributed by atoms with E-state index in [-0.39, 0.29) is 16.7 Å². The van der Waals surface area contributed by atoms with Gasteiger partial charge in [0.05, 0.1) is 17.4 Å². The van der Waals surface area contributed by atoms with Crippen LogP contribution in [0.5, 0.6) is 0 Å². The van der Waals surface area contributed by atoms with Crippen molar-refractivity contribution < 1.29 is 14.7 Å². The number of hydrogen-bond donors (Lipinski definition) is 0. The van der Waals surface area contributed by atoms with Crippen molar-refractivity contribution in [1.82, 2.24) is 4.90 Å². The molecule has 0 unspecified atom stereocenters. The summed E-state index contributed by atoms with van der Waals surface area (Å²) >= 11 is 1.61. The van der Waals surface area contributed by atoms with Crippen molar-refractivity contribution in [3.8, 4) is 0 Å². The zero-order valence-electron chi connectivity index (χ0n) is 15.9. The lowest BCUT2D eigenvalue weighted by atomic mass is 9.86. The van der Waals surface area contributed by atoms with E-state index in [2.05, 4.69) is 20.8 Å². The monoisotopic (exact) mass is 374 g/mol. The lowest BCUT2D eigenvalue weighted by Crippen LogP contribution is -2.52. The largest absolute Gasteiger partial charge is 0.548 e. The van der Waals surface area contributed by atoms with Gasteiger partial charge in [0, 0.05) is 11.3 Å². The summed E-state index contributed by atoms with van der Waals surface area (Å²) in [6, 6.07) is 6.77. The lowest BCUT2D eigenvalue weighted by Gasteiger charge is -2.36. The van der Waals surface area contributed by atoms with Gasteiger partial charge in [-0.2, -0.15) is 0 Å². The van der Waals surface area contributed by atoms with Crippen LogP contribution in [0.4, 0.5) is 0 Å². The maximum atomic E-state index is 13.2. The normalized spacial score (nSPS) is 24.7. The molecule has 1 heterocycles. The van der Waals surface area contributed by atoms with Crippen molar-refractivity contribution in [1.29, 1.82) is 0 Å². The molecule has 1 aliphatic heterocycles. The number of benzene rings is 1. The molecule has 0 radical (unpaired) electrons. The summed E-state index contributed by atoms with van der Waals surface area (Å²) in [6.45, 7) is 6.39. The summed E-state index contributed by atoms with van der Waals surface area (Å²) in [4.78, 5) is 26.4. The number of amides is 1. The van der Waals surface area contributed by atoms with Crippen LogP contribution in [0.15, 0.2) is 24.3 Å². The van der Waals surface area contributed by atoms with Gasteiger partial charge in [-0.05, 0) is 41.9 Å².